The lowest BCUT2D eigenvalue weighted by atomic mass is 10.0. The average molecular weight is 360 g/mol. The van der Waals surface area contributed by atoms with E-state index in [1.54, 1.807) is 48.1 Å². The number of halogens is 1. The second-order valence-corrected chi connectivity index (χ2v) is 6.18. The Bertz CT molecular complexity index is 883. The molecule has 0 amide bonds. The summed E-state index contributed by atoms with van der Waals surface area (Å²) in [6.45, 7) is 3.64. The molecule has 0 fully saturated rings. The number of nitrogens with zero attached hydrogens (tertiary/aromatic N) is 3. The zero-order valence-corrected chi connectivity index (χ0v) is 14.7. The van der Waals surface area contributed by atoms with Gasteiger partial charge in [0.25, 0.3) is 0 Å². The Balaban J connectivity index is 2.13. The largest absolute Gasteiger partial charge is 0.481 e. The van der Waals surface area contributed by atoms with Crippen LogP contribution in [0.1, 0.15) is 37.8 Å². The van der Waals surface area contributed by atoms with Gasteiger partial charge in [0.2, 0.25) is 0 Å². The van der Waals surface area contributed by atoms with E-state index in [9.17, 15) is 9.90 Å². The summed E-state index contributed by atoms with van der Waals surface area (Å²) in [6, 6.07) is 7.38. The SMILES string of the molecule is CCCc1nccn1-c1nc(-c2ccc(Cl)cc2)c(C(C)C(=O)O)o1. The highest BCUT2D eigenvalue weighted by Gasteiger charge is 2.26. The van der Waals surface area contributed by atoms with Crippen molar-refractivity contribution in [2.75, 3.05) is 0 Å². The molecule has 0 aliphatic carbocycles. The maximum Gasteiger partial charge on any atom is 0.314 e. The van der Waals surface area contributed by atoms with Crippen molar-refractivity contribution in [3.63, 3.8) is 0 Å². The number of carboxylic acids is 1. The van der Waals surface area contributed by atoms with Gasteiger partial charge >= 0.3 is 12.0 Å². The first kappa shape index (κ1) is 17.2. The zero-order chi connectivity index (χ0) is 18.0. The molecule has 130 valence electrons. The first-order valence-electron chi connectivity index (χ1n) is 8.03. The first-order valence-corrected chi connectivity index (χ1v) is 8.41. The van der Waals surface area contributed by atoms with Crippen LogP contribution in [0.25, 0.3) is 17.3 Å². The van der Waals surface area contributed by atoms with Crippen LogP contribution in [-0.4, -0.2) is 25.6 Å². The molecule has 1 unspecified atom stereocenters. The third-order valence-electron chi connectivity index (χ3n) is 3.92. The van der Waals surface area contributed by atoms with Gasteiger partial charge in [-0.25, -0.2) is 4.98 Å². The van der Waals surface area contributed by atoms with E-state index < -0.39 is 11.9 Å². The molecule has 7 heteroatoms. The molecule has 0 aliphatic heterocycles. The number of rotatable bonds is 6. The smallest absolute Gasteiger partial charge is 0.314 e. The van der Waals surface area contributed by atoms with Crippen LogP contribution in [-0.2, 0) is 11.2 Å². The number of aromatic nitrogens is 3. The van der Waals surface area contributed by atoms with E-state index >= 15 is 0 Å². The molecular weight excluding hydrogens is 342 g/mol. The molecule has 0 bridgehead atoms. The van der Waals surface area contributed by atoms with Crippen molar-refractivity contribution in [2.45, 2.75) is 32.6 Å². The van der Waals surface area contributed by atoms with Gasteiger partial charge in [-0.1, -0.05) is 30.7 Å². The lowest BCUT2D eigenvalue weighted by Gasteiger charge is -2.05. The number of aryl methyl sites for hydroxylation is 1. The van der Waals surface area contributed by atoms with E-state index in [0.29, 0.717) is 22.5 Å². The lowest BCUT2D eigenvalue weighted by Crippen LogP contribution is -2.07. The highest BCUT2D eigenvalue weighted by atomic mass is 35.5. The van der Waals surface area contributed by atoms with Gasteiger partial charge in [0.1, 0.15) is 23.2 Å². The van der Waals surface area contributed by atoms with Crippen molar-refractivity contribution in [2.24, 2.45) is 0 Å². The number of carboxylic acid groups (broad SMARTS) is 1. The van der Waals surface area contributed by atoms with Crippen molar-refractivity contribution in [1.82, 2.24) is 14.5 Å². The van der Waals surface area contributed by atoms with Crippen LogP contribution in [0.5, 0.6) is 0 Å². The standard InChI is InChI=1S/C18H18ClN3O3/c1-3-4-14-20-9-10-22(14)18-21-15(12-5-7-13(19)8-6-12)16(25-18)11(2)17(23)24/h5-11H,3-4H2,1-2H3,(H,23,24). The van der Waals surface area contributed by atoms with Gasteiger partial charge in [-0.15, -0.1) is 0 Å². The number of hydrogen-bond donors (Lipinski definition) is 1. The van der Waals surface area contributed by atoms with E-state index in [1.165, 1.54) is 0 Å². The third kappa shape index (κ3) is 3.44. The van der Waals surface area contributed by atoms with Crippen LogP contribution < -0.4 is 0 Å². The molecule has 0 aliphatic rings. The molecule has 0 radical (unpaired) electrons. The molecule has 6 nitrogen and oxygen atoms in total. The molecule has 2 aromatic heterocycles. The topological polar surface area (TPSA) is 81.2 Å². The number of carbonyl (C=O) groups is 1. The minimum atomic E-state index is -0.975. The monoisotopic (exact) mass is 359 g/mol. The molecule has 1 aromatic carbocycles. The van der Waals surface area contributed by atoms with Crippen molar-refractivity contribution in [3.05, 3.63) is 53.3 Å². The van der Waals surface area contributed by atoms with Crippen LogP contribution >= 0.6 is 11.6 Å². The lowest BCUT2D eigenvalue weighted by molar-refractivity contribution is -0.138. The number of benzene rings is 1. The minimum Gasteiger partial charge on any atom is -0.481 e. The Labute approximate surface area is 150 Å². The van der Waals surface area contributed by atoms with E-state index in [0.717, 1.165) is 24.2 Å². The maximum absolute atomic E-state index is 11.5. The fraction of sp³-hybridized carbons (Fsp3) is 0.278. The Kier molecular flexibility index (Phi) is 4.90. The van der Waals surface area contributed by atoms with Crippen molar-refractivity contribution in [1.29, 1.82) is 0 Å². The molecule has 0 saturated heterocycles. The van der Waals surface area contributed by atoms with E-state index in [4.69, 9.17) is 16.0 Å². The first-order chi connectivity index (χ1) is 12.0. The van der Waals surface area contributed by atoms with Crippen molar-refractivity contribution < 1.29 is 14.3 Å². The van der Waals surface area contributed by atoms with Crippen molar-refractivity contribution in [3.8, 4) is 17.3 Å². The van der Waals surface area contributed by atoms with Gasteiger partial charge in [-0.05, 0) is 25.5 Å². The predicted molar refractivity (Wildman–Crippen MR) is 94.1 cm³/mol. The van der Waals surface area contributed by atoms with Gasteiger partial charge in [0.15, 0.2) is 0 Å². The van der Waals surface area contributed by atoms with Crippen LogP contribution in [0, 0.1) is 0 Å². The summed E-state index contributed by atoms with van der Waals surface area (Å²) in [5.74, 6) is -0.677. The second kappa shape index (κ2) is 7.11. The van der Waals surface area contributed by atoms with E-state index in [2.05, 4.69) is 16.9 Å². The van der Waals surface area contributed by atoms with Crippen LogP contribution in [0.15, 0.2) is 41.1 Å². The van der Waals surface area contributed by atoms with E-state index in [-0.39, 0.29) is 0 Å². The molecule has 3 aromatic rings. The average Bonchev–Trinajstić information content (AvgIpc) is 3.21. The molecule has 25 heavy (non-hydrogen) atoms. The maximum atomic E-state index is 11.5. The molecule has 1 atom stereocenters. The number of aliphatic carboxylic acids is 1. The Hall–Kier alpha value is -2.60. The van der Waals surface area contributed by atoms with Gasteiger partial charge < -0.3 is 9.52 Å². The summed E-state index contributed by atoms with van der Waals surface area (Å²) in [6.07, 6.45) is 5.14. The van der Waals surface area contributed by atoms with Crippen LogP contribution in [0.3, 0.4) is 0 Å². The van der Waals surface area contributed by atoms with Gasteiger partial charge in [0, 0.05) is 29.4 Å². The zero-order valence-electron chi connectivity index (χ0n) is 13.9. The highest BCUT2D eigenvalue weighted by Crippen LogP contribution is 2.32. The van der Waals surface area contributed by atoms with Gasteiger partial charge in [-0.3, -0.25) is 9.36 Å². The molecule has 0 saturated carbocycles. The summed E-state index contributed by atoms with van der Waals surface area (Å²) < 4.78 is 7.60. The molecule has 1 N–H and O–H groups in total. The Morgan fingerprint density at radius 3 is 2.72 bits per heavy atom. The number of hydrogen-bond acceptors (Lipinski definition) is 4. The summed E-state index contributed by atoms with van der Waals surface area (Å²) in [5.41, 5.74) is 1.25. The van der Waals surface area contributed by atoms with Gasteiger partial charge in [0.05, 0.1) is 0 Å². The fourth-order valence-corrected chi connectivity index (χ4v) is 2.69. The molecular formula is C18H18ClN3O3. The molecule has 0 spiro atoms. The number of oxazole rings is 1. The third-order valence-corrected chi connectivity index (χ3v) is 4.17. The Morgan fingerprint density at radius 2 is 2.08 bits per heavy atom. The molecule has 3 rings (SSSR count). The molecule has 2 heterocycles. The minimum absolute atomic E-state index is 0.306. The second-order valence-electron chi connectivity index (χ2n) is 5.74. The van der Waals surface area contributed by atoms with Crippen LogP contribution in [0.2, 0.25) is 5.02 Å². The highest BCUT2D eigenvalue weighted by molar-refractivity contribution is 6.30. The van der Waals surface area contributed by atoms with Gasteiger partial charge in [-0.2, -0.15) is 4.98 Å². The van der Waals surface area contributed by atoms with Crippen LogP contribution in [0.4, 0.5) is 0 Å². The van der Waals surface area contributed by atoms with E-state index in [1.807, 2.05) is 0 Å². The summed E-state index contributed by atoms with van der Waals surface area (Å²) in [4.78, 5) is 20.3. The normalized spacial score (nSPS) is 12.3. The summed E-state index contributed by atoms with van der Waals surface area (Å²) in [7, 11) is 0. The Morgan fingerprint density at radius 1 is 1.36 bits per heavy atom. The summed E-state index contributed by atoms with van der Waals surface area (Å²) in [5, 5.41) is 10.00. The predicted octanol–water partition coefficient (Wildman–Crippen LogP) is 4.32. The quantitative estimate of drug-likeness (QED) is 0.708. The fourth-order valence-electron chi connectivity index (χ4n) is 2.56. The summed E-state index contributed by atoms with van der Waals surface area (Å²) >= 11 is 5.94. The number of imidazole rings is 1. The van der Waals surface area contributed by atoms with Crippen molar-refractivity contribution >= 4 is 17.6 Å².